The fourth-order valence-corrected chi connectivity index (χ4v) is 2.83. The molecule has 1 aromatic heterocycles. The van der Waals surface area contributed by atoms with Gasteiger partial charge in [0.2, 0.25) is 11.9 Å². The summed E-state index contributed by atoms with van der Waals surface area (Å²) in [6, 6.07) is 14.7. The van der Waals surface area contributed by atoms with Crippen molar-refractivity contribution in [2.24, 2.45) is 0 Å². The van der Waals surface area contributed by atoms with E-state index in [1.165, 1.54) is 17.7 Å². The second kappa shape index (κ2) is 9.05. The summed E-state index contributed by atoms with van der Waals surface area (Å²) in [4.78, 5) is 12.3. The number of halogens is 1. The lowest BCUT2D eigenvalue weighted by molar-refractivity contribution is 0.282. The molecule has 7 heteroatoms. The second-order valence-corrected chi connectivity index (χ2v) is 6.14. The SMILES string of the molecule is Nc1nc(NCCCCc2ccccc2)nc(-c2c(F)cccc2CO)n1. The summed E-state index contributed by atoms with van der Waals surface area (Å²) < 4.78 is 14.2. The predicted octanol–water partition coefficient (Wildman–Crippen LogP) is 3.19. The minimum absolute atomic E-state index is 0.000992. The monoisotopic (exact) mass is 367 g/mol. The minimum atomic E-state index is -0.513. The number of hydrogen-bond acceptors (Lipinski definition) is 6. The van der Waals surface area contributed by atoms with Gasteiger partial charge in [0.05, 0.1) is 12.2 Å². The van der Waals surface area contributed by atoms with Gasteiger partial charge in [-0.3, -0.25) is 0 Å². The number of nitrogens with zero attached hydrogens (tertiary/aromatic N) is 3. The molecule has 0 saturated heterocycles. The van der Waals surface area contributed by atoms with Crippen molar-refractivity contribution in [3.63, 3.8) is 0 Å². The number of rotatable bonds is 8. The van der Waals surface area contributed by atoms with Crippen molar-refractivity contribution in [1.82, 2.24) is 15.0 Å². The highest BCUT2D eigenvalue weighted by atomic mass is 19.1. The minimum Gasteiger partial charge on any atom is -0.392 e. The number of anilines is 2. The largest absolute Gasteiger partial charge is 0.392 e. The van der Waals surface area contributed by atoms with Crippen LogP contribution in [0.5, 0.6) is 0 Å². The molecule has 0 spiro atoms. The van der Waals surface area contributed by atoms with Gasteiger partial charge in [0.25, 0.3) is 0 Å². The number of nitrogens with one attached hydrogen (secondary N) is 1. The number of aliphatic hydroxyl groups excluding tert-OH is 1. The maximum atomic E-state index is 14.2. The molecule has 0 radical (unpaired) electrons. The van der Waals surface area contributed by atoms with E-state index in [-0.39, 0.29) is 23.9 Å². The first-order valence-corrected chi connectivity index (χ1v) is 8.85. The molecule has 3 aromatic rings. The number of nitrogens with two attached hydrogens (primary N) is 1. The Labute approximate surface area is 157 Å². The Balaban J connectivity index is 1.64. The van der Waals surface area contributed by atoms with E-state index < -0.39 is 5.82 Å². The Bertz CT molecular complexity index is 889. The first kappa shape index (κ1) is 18.7. The molecule has 0 unspecified atom stereocenters. The van der Waals surface area contributed by atoms with Gasteiger partial charge in [0.1, 0.15) is 5.82 Å². The summed E-state index contributed by atoms with van der Waals surface area (Å²) in [6.45, 7) is 0.348. The third-order valence-electron chi connectivity index (χ3n) is 4.16. The quantitative estimate of drug-likeness (QED) is 0.529. The molecule has 27 heavy (non-hydrogen) atoms. The van der Waals surface area contributed by atoms with Crippen molar-refractivity contribution >= 4 is 11.9 Å². The van der Waals surface area contributed by atoms with E-state index in [0.29, 0.717) is 18.1 Å². The number of benzene rings is 2. The van der Waals surface area contributed by atoms with Crippen LogP contribution in [-0.4, -0.2) is 26.6 Å². The van der Waals surface area contributed by atoms with Gasteiger partial charge in [-0.25, -0.2) is 4.39 Å². The third kappa shape index (κ3) is 4.98. The van der Waals surface area contributed by atoms with E-state index in [1.807, 2.05) is 18.2 Å². The molecular formula is C20H22FN5O. The maximum Gasteiger partial charge on any atom is 0.228 e. The van der Waals surface area contributed by atoms with Crippen LogP contribution in [0.2, 0.25) is 0 Å². The lowest BCUT2D eigenvalue weighted by Gasteiger charge is -2.10. The zero-order valence-corrected chi connectivity index (χ0v) is 14.9. The molecular weight excluding hydrogens is 345 g/mol. The molecule has 3 rings (SSSR count). The van der Waals surface area contributed by atoms with Gasteiger partial charge in [-0.2, -0.15) is 15.0 Å². The molecule has 140 valence electrons. The summed E-state index contributed by atoms with van der Waals surface area (Å²) >= 11 is 0. The van der Waals surface area contributed by atoms with Crippen LogP contribution in [0.1, 0.15) is 24.0 Å². The average molecular weight is 367 g/mol. The van der Waals surface area contributed by atoms with Crippen LogP contribution in [0.15, 0.2) is 48.5 Å². The van der Waals surface area contributed by atoms with Crippen molar-refractivity contribution < 1.29 is 9.50 Å². The van der Waals surface area contributed by atoms with Crippen LogP contribution in [0.25, 0.3) is 11.4 Å². The fraction of sp³-hybridized carbons (Fsp3) is 0.250. The summed E-state index contributed by atoms with van der Waals surface area (Å²) in [5, 5.41) is 12.6. The summed E-state index contributed by atoms with van der Waals surface area (Å²) in [6.07, 6.45) is 2.95. The third-order valence-corrected chi connectivity index (χ3v) is 4.16. The second-order valence-electron chi connectivity index (χ2n) is 6.14. The van der Waals surface area contributed by atoms with Gasteiger partial charge in [0, 0.05) is 6.54 Å². The number of hydrogen-bond donors (Lipinski definition) is 3. The van der Waals surface area contributed by atoms with Crippen LogP contribution >= 0.6 is 0 Å². The van der Waals surface area contributed by atoms with Crippen molar-refractivity contribution in [2.45, 2.75) is 25.9 Å². The molecule has 1 heterocycles. The van der Waals surface area contributed by atoms with Crippen LogP contribution < -0.4 is 11.1 Å². The predicted molar refractivity (Wildman–Crippen MR) is 103 cm³/mol. The Hall–Kier alpha value is -3.06. The number of aliphatic hydroxyl groups is 1. The Morgan fingerprint density at radius 2 is 1.78 bits per heavy atom. The number of nitrogen functional groups attached to an aromatic ring is 1. The van der Waals surface area contributed by atoms with E-state index in [0.717, 1.165) is 19.3 Å². The number of aryl methyl sites for hydroxylation is 1. The maximum absolute atomic E-state index is 14.2. The van der Waals surface area contributed by atoms with Gasteiger partial charge in [0.15, 0.2) is 5.82 Å². The molecule has 0 aliphatic heterocycles. The van der Waals surface area contributed by atoms with Crippen molar-refractivity contribution in [3.8, 4) is 11.4 Å². The van der Waals surface area contributed by atoms with E-state index in [9.17, 15) is 9.50 Å². The van der Waals surface area contributed by atoms with Crippen LogP contribution in [0.4, 0.5) is 16.3 Å². The Morgan fingerprint density at radius 1 is 0.963 bits per heavy atom. The highest BCUT2D eigenvalue weighted by Gasteiger charge is 2.15. The first-order chi connectivity index (χ1) is 13.2. The summed E-state index contributed by atoms with van der Waals surface area (Å²) in [5.74, 6) is -0.110. The van der Waals surface area contributed by atoms with Crippen LogP contribution in [0.3, 0.4) is 0 Å². The molecule has 2 aromatic carbocycles. The fourth-order valence-electron chi connectivity index (χ4n) is 2.83. The summed E-state index contributed by atoms with van der Waals surface area (Å²) in [5.41, 5.74) is 7.60. The average Bonchev–Trinajstić information content (AvgIpc) is 2.68. The molecule has 0 bridgehead atoms. The molecule has 4 N–H and O–H groups in total. The number of aromatic nitrogens is 3. The lowest BCUT2D eigenvalue weighted by Crippen LogP contribution is -2.10. The van der Waals surface area contributed by atoms with Gasteiger partial charge < -0.3 is 16.2 Å². The van der Waals surface area contributed by atoms with Crippen LogP contribution in [-0.2, 0) is 13.0 Å². The van der Waals surface area contributed by atoms with Crippen molar-refractivity contribution in [3.05, 3.63) is 65.5 Å². The van der Waals surface area contributed by atoms with E-state index in [1.54, 1.807) is 6.07 Å². The van der Waals surface area contributed by atoms with Crippen LogP contribution in [0, 0.1) is 5.82 Å². The van der Waals surface area contributed by atoms with Crippen molar-refractivity contribution in [2.75, 3.05) is 17.6 Å². The van der Waals surface area contributed by atoms with Gasteiger partial charge in [-0.05, 0) is 36.5 Å². The topological polar surface area (TPSA) is 97.0 Å². The van der Waals surface area contributed by atoms with Gasteiger partial charge in [-0.15, -0.1) is 0 Å². The normalized spacial score (nSPS) is 10.7. The standard InChI is InChI=1S/C20H22FN5O/c21-16-11-6-10-15(13-27)17(16)18-24-19(22)26-20(25-18)23-12-5-4-9-14-7-2-1-3-8-14/h1-3,6-8,10-11,27H,4-5,9,12-13H2,(H3,22,23,24,25,26). The summed E-state index contributed by atoms with van der Waals surface area (Å²) in [7, 11) is 0. The molecule has 0 atom stereocenters. The van der Waals surface area contributed by atoms with Crippen molar-refractivity contribution in [1.29, 1.82) is 0 Å². The van der Waals surface area contributed by atoms with E-state index >= 15 is 0 Å². The molecule has 0 aliphatic rings. The lowest BCUT2D eigenvalue weighted by atomic mass is 10.1. The molecule has 0 amide bonds. The molecule has 0 saturated carbocycles. The zero-order valence-electron chi connectivity index (χ0n) is 14.9. The molecule has 6 nitrogen and oxygen atoms in total. The Morgan fingerprint density at radius 3 is 2.56 bits per heavy atom. The van der Waals surface area contributed by atoms with Gasteiger partial charge >= 0.3 is 0 Å². The highest BCUT2D eigenvalue weighted by Crippen LogP contribution is 2.25. The zero-order chi connectivity index (χ0) is 19.1. The van der Waals surface area contributed by atoms with Gasteiger partial charge in [-0.1, -0.05) is 42.5 Å². The molecule has 0 fully saturated rings. The highest BCUT2D eigenvalue weighted by molar-refractivity contribution is 5.62. The first-order valence-electron chi connectivity index (χ1n) is 8.85. The number of unbranched alkanes of at least 4 members (excludes halogenated alkanes) is 1. The Kier molecular flexibility index (Phi) is 6.27. The van der Waals surface area contributed by atoms with E-state index in [2.05, 4.69) is 32.4 Å². The van der Waals surface area contributed by atoms with E-state index in [4.69, 9.17) is 5.73 Å². The smallest absolute Gasteiger partial charge is 0.228 e. The molecule has 0 aliphatic carbocycles.